The van der Waals surface area contributed by atoms with E-state index in [9.17, 15) is 4.79 Å². The van der Waals surface area contributed by atoms with Crippen LogP contribution in [0.15, 0.2) is 30.5 Å². The lowest BCUT2D eigenvalue weighted by Gasteiger charge is -2.29. The number of amides is 1. The lowest BCUT2D eigenvalue weighted by atomic mass is 9.95. The molecule has 0 aliphatic heterocycles. The predicted molar refractivity (Wildman–Crippen MR) is 87.9 cm³/mol. The van der Waals surface area contributed by atoms with E-state index >= 15 is 0 Å². The summed E-state index contributed by atoms with van der Waals surface area (Å²) >= 11 is 6.04. The number of benzene rings is 1. The van der Waals surface area contributed by atoms with Crippen LogP contribution in [0.3, 0.4) is 0 Å². The van der Waals surface area contributed by atoms with Crippen LogP contribution in [0.1, 0.15) is 22.8 Å². The van der Waals surface area contributed by atoms with E-state index < -0.39 is 5.60 Å². The normalized spacial score (nSPS) is 13.4. The van der Waals surface area contributed by atoms with Gasteiger partial charge in [0.05, 0.1) is 13.7 Å². The number of methoxy groups -OCH3 is 2. The third kappa shape index (κ3) is 3.83. The zero-order chi connectivity index (χ0) is 17.0. The first-order valence-electron chi connectivity index (χ1n) is 7.06. The fraction of sp³-hybridized carbons (Fsp3) is 0.375. The molecule has 0 spiro atoms. The van der Waals surface area contributed by atoms with Gasteiger partial charge in [-0.15, -0.1) is 5.10 Å². The molecular weight excluding hydrogens is 318 g/mol. The van der Waals surface area contributed by atoms with Gasteiger partial charge in [-0.25, -0.2) is 0 Å². The van der Waals surface area contributed by atoms with Crippen molar-refractivity contribution in [1.29, 1.82) is 0 Å². The van der Waals surface area contributed by atoms with E-state index in [2.05, 4.69) is 10.4 Å². The Labute approximate surface area is 140 Å². The summed E-state index contributed by atoms with van der Waals surface area (Å²) in [5.74, 6) is 0.00660. The highest BCUT2D eigenvalue weighted by Crippen LogP contribution is 2.26. The summed E-state index contributed by atoms with van der Waals surface area (Å²) < 4.78 is 12.2. The largest absolute Gasteiger partial charge is 0.479 e. The van der Waals surface area contributed by atoms with E-state index in [1.807, 2.05) is 25.1 Å². The maximum Gasteiger partial charge on any atom is 0.258 e. The Balaban J connectivity index is 2.15. The molecule has 1 unspecified atom stereocenters. The predicted octanol–water partition coefficient (Wildman–Crippen LogP) is 2.37. The smallest absolute Gasteiger partial charge is 0.258 e. The van der Waals surface area contributed by atoms with Crippen LogP contribution in [-0.2, 0) is 17.4 Å². The highest BCUT2D eigenvalue weighted by Gasteiger charge is 2.28. The molecule has 23 heavy (non-hydrogen) atoms. The van der Waals surface area contributed by atoms with Crippen LogP contribution < -0.4 is 10.1 Å². The summed E-state index contributed by atoms with van der Waals surface area (Å²) in [4.78, 5) is 12.4. The number of hydrogen-bond donors (Lipinski definition) is 1. The van der Waals surface area contributed by atoms with Gasteiger partial charge >= 0.3 is 0 Å². The molecule has 124 valence electrons. The van der Waals surface area contributed by atoms with Crippen molar-refractivity contribution in [2.24, 2.45) is 7.05 Å². The van der Waals surface area contributed by atoms with Crippen molar-refractivity contribution in [3.8, 4) is 5.88 Å². The summed E-state index contributed by atoms with van der Waals surface area (Å²) in [6.07, 6.45) is 1.61. The highest BCUT2D eigenvalue weighted by molar-refractivity contribution is 6.30. The number of aromatic nitrogens is 2. The van der Waals surface area contributed by atoms with Crippen molar-refractivity contribution in [3.63, 3.8) is 0 Å². The van der Waals surface area contributed by atoms with Crippen LogP contribution >= 0.6 is 11.6 Å². The fourth-order valence-electron chi connectivity index (χ4n) is 2.23. The molecule has 0 aliphatic carbocycles. The van der Waals surface area contributed by atoms with Crippen LogP contribution in [0.4, 0.5) is 0 Å². The van der Waals surface area contributed by atoms with E-state index in [0.29, 0.717) is 10.6 Å². The van der Waals surface area contributed by atoms with Crippen LogP contribution in [0.2, 0.25) is 5.02 Å². The van der Waals surface area contributed by atoms with Crippen molar-refractivity contribution in [2.45, 2.75) is 12.5 Å². The second-order valence-electron chi connectivity index (χ2n) is 5.35. The van der Waals surface area contributed by atoms with Crippen LogP contribution in [0.25, 0.3) is 0 Å². The highest BCUT2D eigenvalue weighted by atomic mass is 35.5. The SMILES string of the molecule is COc1nn(C)cc1C(=O)NCC(C)(OC)c1cccc(Cl)c1. The minimum absolute atomic E-state index is 0.278. The minimum Gasteiger partial charge on any atom is -0.479 e. The number of halogens is 1. The standard InChI is InChI=1S/C16H20ClN3O3/c1-16(23-4,11-6-5-7-12(17)8-11)10-18-14(21)13-9-20(2)19-15(13)22-3/h5-9H,10H2,1-4H3,(H,18,21). The van der Waals surface area contributed by atoms with Gasteiger partial charge in [0, 0.05) is 25.4 Å². The topological polar surface area (TPSA) is 65.4 Å². The van der Waals surface area contributed by atoms with Crippen molar-refractivity contribution in [3.05, 3.63) is 46.6 Å². The second-order valence-corrected chi connectivity index (χ2v) is 5.79. The molecule has 1 aromatic heterocycles. The molecule has 1 amide bonds. The molecule has 1 heterocycles. The molecular formula is C16H20ClN3O3. The van der Waals surface area contributed by atoms with Gasteiger partial charge < -0.3 is 14.8 Å². The Kier molecular flexibility index (Phi) is 5.28. The third-order valence-corrected chi connectivity index (χ3v) is 3.94. The number of hydrogen-bond acceptors (Lipinski definition) is 4. The Morgan fingerprint density at radius 2 is 2.17 bits per heavy atom. The molecule has 0 fully saturated rings. The Morgan fingerprint density at radius 1 is 1.43 bits per heavy atom. The number of carbonyl (C=O) groups is 1. The Hall–Kier alpha value is -2.05. The van der Waals surface area contributed by atoms with Gasteiger partial charge in [0.2, 0.25) is 5.88 Å². The molecule has 0 radical (unpaired) electrons. The van der Waals surface area contributed by atoms with Crippen LogP contribution in [-0.4, -0.2) is 36.5 Å². The molecule has 0 aliphatic rings. The van der Waals surface area contributed by atoms with Gasteiger partial charge in [0.1, 0.15) is 11.2 Å². The van der Waals surface area contributed by atoms with E-state index in [0.717, 1.165) is 5.56 Å². The first kappa shape index (κ1) is 17.3. The number of ether oxygens (including phenoxy) is 2. The van der Waals surface area contributed by atoms with E-state index in [-0.39, 0.29) is 18.3 Å². The lowest BCUT2D eigenvalue weighted by Crippen LogP contribution is -2.40. The maximum absolute atomic E-state index is 12.4. The van der Waals surface area contributed by atoms with Gasteiger partial charge in [-0.05, 0) is 24.6 Å². The van der Waals surface area contributed by atoms with Crippen molar-refractivity contribution < 1.29 is 14.3 Å². The summed E-state index contributed by atoms with van der Waals surface area (Å²) in [6.45, 7) is 2.17. The Morgan fingerprint density at radius 3 is 2.78 bits per heavy atom. The van der Waals surface area contributed by atoms with E-state index in [4.69, 9.17) is 21.1 Å². The molecule has 1 aromatic carbocycles. The third-order valence-electron chi connectivity index (χ3n) is 3.70. The van der Waals surface area contributed by atoms with Gasteiger partial charge in [-0.3, -0.25) is 9.48 Å². The molecule has 6 nitrogen and oxygen atoms in total. The number of carbonyl (C=O) groups excluding carboxylic acids is 1. The summed E-state index contributed by atoms with van der Waals surface area (Å²) in [7, 11) is 4.80. The summed E-state index contributed by atoms with van der Waals surface area (Å²) in [5, 5.41) is 7.54. The molecule has 1 N–H and O–H groups in total. The quantitative estimate of drug-likeness (QED) is 0.879. The van der Waals surface area contributed by atoms with Crippen molar-refractivity contribution >= 4 is 17.5 Å². The molecule has 0 saturated carbocycles. The first-order valence-corrected chi connectivity index (χ1v) is 7.44. The van der Waals surface area contributed by atoms with Crippen LogP contribution in [0.5, 0.6) is 5.88 Å². The number of rotatable bonds is 6. The van der Waals surface area contributed by atoms with Gasteiger partial charge in [0.25, 0.3) is 5.91 Å². The van der Waals surface area contributed by atoms with E-state index in [1.54, 1.807) is 26.4 Å². The summed E-state index contributed by atoms with van der Waals surface area (Å²) in [6, 6.07) is 7.37. The fourth-order valence-corrected chi connectivity index (χ4v) is 2.42. The zero-order valence-corrected chi connectivity index (χ0v) is 14.3. The molecule has 7 heteroatoms. The number of nitrogens with one attached hydrogen (secondary N) is 1. The zero-order valence-electron chi connectivity index (χ0n) is 13.6. The minimum atomic E-state index is -0.698. The van der Waals surface area contributed by atoms with Crippen molar-refractivity contribution in [2.75, 3.05) is 20.8 Å². The molecule has 0 saturated heterocycles. The monoisotopic (exact) mass is 337 g/mol. The van der Waals surface area contributed by atoms with E-state index in [1.165, 1.54) is 11.8 Å². The van der Waals surface area contributed by atoms with Gasteiger partial charge in [-0.1, -0.05) is 23.7 Å². The van der Waals surface area contributed by atoms with Crippen molar-refractivity contribution in [1.82, 2.24) is 15.1 Å². The molecule has 0 bridgehead atoms. The molecule has 1 atom stereocenters. The average molecular weight is 338 g/mol. The number of nitrogens with zero attached hydrogens (tertiary/aromatic N) is 2. The first-order chi connectivity index (χ1) is 10.9. The Bertz CT molecular complexity index is 702. The van der Waals surface area contributed by atoms with Gasteiger partial charge in [0.15, 0.2) is 0 Å². The molecule has 2 rings (SSSR count). The average Bonchev–Trinajstić information content (AvgIpc) is 2.93. The van der Waals surface area contributed by atoms with Crippen LogP contribution in [0, 0.1) is 0 Å². The lowest BCUT2D eigenvalue weighted by molar-refractivity contribution is 0.00313. The second kappa shape index (κ2) is 7.02. The summed E-state index contributed by atoms with van der Waals surface area (Å²) in [5.41, 5.74) is 0.557. The maximum atomic E-state index is 12.4. The molecule has 2 aromatic rings. The van der Waals surface area contributed by atoms with Gasteiger partial charge in [-0.2, -0.15) is 0 Å². The number of aryl methyl sites for hydroxylation is 1.